The van der Waals surface area contributed by atoms with E-state index in [-0.39, 0.29) is 11.2 Å². The van der Waals surface area contributed by atoms with Crippen molar-refractivity contribution in [3.05, 3.63) is 63.6 Å². The molecule has 0 fully saturated rings. The Morgan fingerprint density at radius 1 is 1.14 bits per heavy atom. The molecule has 28 heavy (non-hydrogen) atoms. The molecule has 4 aromatic rings. The molecule has 2 aromatic heterocycles. The molecule has 2 aromatic carbocycles. The van der Waals surface area contributed by atoms with E-state index in [9.17, 15) is 10.1 Å². The SMILES string of the molecule is CC(C)Cc1cnc2c(cc([N+](=O)[O-])c3nncc32)c(-c2ccccc2Cl)n1. The lowest BCUT2D eigenvalue weighted by Crippen LogP contribution is -1.96. The first-order valence-corrected chi connectivity index (χ1v) is 9.17. The van der Waals surface area contributed by atoms with Crippen LogP contribution >= 0.6 is 11.6 Å². The third-order valence-corrected chi connectivity index (χ3v) is 4.76. The number of benzene rings is 2. The summed E-state index contributed by atoms with van der Waals surface area (Å²) in [6, 6.07) is 8.77. The van der Waals surface area contributed by atoms with Crippen LogP contribution < -0.4 is 0 Å². The molecule has 4 rings (SSSR count). The van der Waals surface area contributed by atoms with Crippen LogP contribution in [0.4, 0.5) is 5.69 Å². The molecule has 140 valence electrons. The summed E-state index contributed by atoms with van der Waals surface area (Å²) in [6.07, 6.45) is 3.92. The maximum atomic E-state index is 11.6. The molecule has 0 unspecified atom stereocenters. The van der Waals surface area contributed by atoms with Crippen LogP contribution in [0.15, 0.2) is 42.7 Å². The van der Waals surface area contributed by atoms with E-state index in [2.05, 4.69) is 29.0 Å². The third-order valence-electron chi connectivity index (χ3n) is 4.43. The van der Waals surface area contributed by atoms with Crippen LogP contribution in [0, 0.1) is 16.0 Å². The van der Waals surface area contributed by atoms with Crippen LogP contribution in [0.5, 0.6) is 0 Å². The van der Waals surface area contributed by atoms with Gasteiger partial charge in [0.15, 0.2) is 5.52 Å². The molecular formula is C20H16ClN5O2. The Kier molecular flexibility index (Phi) is 4.60. The third kappa shape index (κ3) is 3.14. The largest absolute Gasteiger partial charge is 0.298 e. The lowest BCUT2D eigenvalue weighted by atomic mass is 10.0. The van der Waals surface area contributed by atoms with Crippen LogP contribution in [0.3, 0.4) is 0 Å². The van der Waals surface area contributed by atoms with Gasteiger partial charge in [-0.05, 0) is 18.4 Å². The Morgan fingerprint density at radius 3 is 2.64 bits per heavy atom. The summed E-state index contributed by atoms with van der Waals surface area (Å²) in [5.74, 6) is 0.371. The molecule has 0 radical (unpaired) electrons. The van der Waals surface area contributed by atoms with Crippen LogP contribution in [0.2, 0.25) is 5.02 Å². The molecule has 0 aliphatic carbocycles. The van der Waals surface area contributed by atoms with Gasteiger partial charge in [0.1, 0.15) is 0 Å². The molecule has 0 aliphatic rings. The maximum Gasteiger partial charge on any atom is 0.298 e. The highest BCUT2D eigenvalue weighted by atomic mass is 35.5. The van der Waals surface area contributed by atoms with Crippen molar-refractivity contribution in [3.8, 4) is 11.3 Å². The molecule has 0 spiro atoms. The number of hydrogen-bond acceptors (Lipinski definition) is 6. The van der Waals surface area contributed by atoms with Crippen molar-refractivity contribution in [1.82, 2.24) is 20.2 Å². The Labute approximate surface area is 165 Å². The van der Waals surface area contributed by atoms with Crippen molar-refractivity contribution in [1.29, 1.82) is 0 Å². The van der Waals surface area contributed by atoms with Gasteiger partial charge in [0.25, 0.3) is 5.69 Å². The fourth-order valence-electron chi connectivity index (χ4n) is 3.25. The first-order chi connectivity index (χ1) is 13.5. The maximum absolute atomic E-state index is 11.6. The Morgan fingerprint density at radius 2 is 1.93 bits per heavy atom. The highest BCUT2D eigenvalue weighted by molar-refractivity contribution is 6.33. The number of rotatable bonds is 4. The number of aromatic nitrogens is 4. The van der Waals surface area contributed by atoms with Gasteiger partial charge < -0.3 is 0 Å². The minimum Gasteiger partial charge on any atom is -0.258 e. The predicted molar refractivity (Wildman–Crippen MR) is 108 cm³/mol. The predicted octanol–water partition coefficient (Wildman–Crippen LogP) is 5.00. The number of hydrogen-bond donors (Lipinski definition) is 0. The van der Waals surface area contributed by atoms with Gasteiger partial charge in [0.05, 0.1) is 33.4 Å². The molecule has 0 bridgehead atoms. The number of non-ortho nitro benzene ring substituents is 1. The molecule has 0 saturated carbocycles. The van der Waals surface area contributed by atoms with Crippen molar-refractivity contribution in [2.75, 3.05) is 0 Å². The van der Waals surface area contributed by atoms with Crippen LogP contribution in [0.25, 0.3) is 33.1 Å². The molecule has 0 N–H and O–H groups in total. The molecule has 0 amide bonds. The van der Waals surface area contributed by atoms with Gasteiger partial charge in [-0.2, -0.15) is 5.10 Å². The lowest BCUT2D eigenvalue weighted by molar-refractivity contribution is -0.383. The zero-order valence-corrected chi connectivity index (χ0v) is 16.0. The van der Waals surface area contributed by atoms with Gasteiger partial charge >= 0.3 is 0 Å². The smallest absolute Gasteiger partial charge is 0.258 e. The molecule has 0 atom stereocenters. The first-order valence-electron chi connectivity index (χ1n) is 8.79. The van der Waals surface area contributed by atoms with Gasteiger partial charge in [-0.3, -0.25) is 20.1 Å². The van der Waals surface area contributed by atoms with E-state index in [1.54, 1.807) is 12.3 Å². The zero-order chi connectivity index (χ0) is 19.8. The zero-order valence-electron chi connectivity index (χ0n) is 15.3. The standard InChI is InChI=1S/C20H16ClN5O2/c1-11(2)7-12-9-22-18-14(19(24-12)13-5-3-4-6-16(13)21)8-17(26(27)28)20-15(18)10-23-25-20/h3-6,8-11H,7H2,1-2H3. The van der Waals surface area contributed by atoms with E-state index in [4.69, 9.17) is 16.6 Å². The van der Waals surface area contributed by atoms with E-state index < -0.39 is 4.92 Å². The molecule has 7 nitrogen and oxygen atoms in total. The van der Waals surface area contributed by atoms with Crippen LogP contribution in [-0.4, -0.2) is 25.1 Å². The van der Waals surface area contributed by atoms with Crippen molar-refractivity contribution < 1.29 is 4.92 Å². The average molecular weight is 394 g/mol. The fourth-order valence-corrected chi connectivity index (χ4v) is 3.47. The Hall–Kier alpha value is -3.19. The fraction of sp³-hybridized carbons (Fsp3) is 0.200. The van der Waals surface area contributed by atoms with E-state index in [0.29, 0.717) is 44.9 Å². The second-order valence-electron chi connectivity index (χ2n) is 6.94. The molecule has 8 heteroatoms. The Bertz CT molecular complexity index is 1230. The first kappa shape index (κ1) is 18.2. The van der Waals surface area contributed by atoms with Gasteiger partial charge in [-0.25, -0.2) is 0 Å². The summed E-state index contributed by atoms with van der Waals surface area (Å²) in [4.78, 5) is 20.6. The molecule has 0 aliphatic heterocycles. The quantitative estimate of drug-likeness (QED) is 0.357. The molecule has 0 saturated heterocycles. The van der Waals surface area contributed by atoms with Crippen molar-refractivity contribution in [2.45, 2.75) is 20.3 Å². The summed E-state index contributed by atoms with van der Waals surface area (Å²) in [7, 11) is 0. The number of nitro benzene ring substituents is 1. The number of nitrogens with zero attached hydrogens (tertiary/aromatic N) is 5. The summed E-state index contributed by atoms with van der Waals surface area (Å²) in [6.45, 7) is 4.19. The Balaban J connectivity index is 2.19. The van der Waals surface area contributed by atoms with Crippen molar-refractivity contribution in [3.63, 3.8) is 0 Å². The second-order valence-corrected chi connectivity index (χ2v) is 7.35. The highest BCUT2D eigenvalue weighted by Gasteiger charge is 2.22. The van der Waals surface area contributed by atoms with Crippen LogP contribution in [0.1, 0.15) is 19.5 Å². The number of nitro groups is 1. The molecular weight excluding hydrogens is 378 g/mol. The minimum atomic E-state index is -0.463. The molecule has 2 heterocycles. The number of fused-ring (bicyclic) bond motifs is 3. The summed E-state index contributed by atoms with van der Waals surface area (Å²) in [5, 5.41) is 21.0. The van der Waals surface area contributed by atoms with E-state index >= 15 is 0 Å². The van der Waals surface area contributed by atoms with E-state index in [0.717, 1.165) is 5.69 Å². The van der Waals surface area contributed by atoms with Gasteiger partial charge in [-0.15, -0.1) is 5.10 Å². The van der Waals surface area contributed by atoms with Gasteiger partial charge in [-0.1, -0.05) is 43.6 Å². The van der Waals surface area contributed by atoms with E-state index in [1.807, 2.05) is 18.2 Å². The minimum absolute atomic E-state index is 0.131. The lowest BCUT2D eigenvalue weighted by Gasteiger charge is -2.06. The normalized spacial score (nSPS) is 11.4. The summed E-state index contributed by atoms with van der Waals surface area (Å²) in [5.41, 5.74) is 2.67. The highest BCUT2D eigenvalue weighted by Crippen LogP contribution is 2.37. The monoisotopic (exact) mass is 393 g/mol. The van der Waals surface area contributed by atoms with Crippen molar-refractivity contribution >= 4 is 39.1 Å². The summed E-state index contributed by atoms with van der Waals surface area (Å²) < 4.78 is 0. The van der Waals surface area contributed by atoms with Crippen LogP contribution in [-0.2, 0) is 6.42 Å². The second kappa shape index (κ2) is 7.09. The summed E-state index contributed by atoms with van der Waals surface area (Å²) >= 11 is 6.44. The van der Waals surface area contributed by atoms with Crippen molar-refractivity contribution in [2.24, 2.45) is 5.92 Å². The van der Waals surface area contributed by atoms with E-state index in [1.165, 1.54) is 12.3 Å². The number of halogens is 1. The van der Waals surface area contributed by atoms with Gasteiger partial charge in [0, 0.05) is 28.2 Å². The topological polar surface area (TPSA) is 94.7 Å². The van der Waals surface area contributed by atoms with Gasteiger partial charge in [0.2, 0.25) is 0 Å². The average Bonchev–Trinajstić information content (AvgIpc) is 3.06.